The van der Waals surface area contributed by atoms with Gasteiger partial charge >= 0.3 is 5.97 Å². The molecular weight excluding hydrogens is 260 g/mol. The molecule has 0 saturated carbocycles. The molecule has 1 aliphatic heterocycles. The Morgan fingerprint density at radius 1 is 1.26 bits per heavy atom. The Labute approximate surface area is 107 Å². The number of amides is 1. The van der Waals surface area contributed by atoms with Crippen LogP contribution in [0.2, 0.25) is 0 Å². The van der Waals surface area contributed by atoms with E-state index in [1.54, 1.807) is 0 Å². The average Bonchev–Trinajstić information content (AvgIpc) is 2.74. The van der Waals surface area contributed by atoms with Gasteiger partial charge in [-0.3, -0.25) is 4.79 Å². The molecule has 0 radical (unpaired) electrons. The fourth-order valence-corrected chi connectivity index (χ4v) is 2.07. The molecule has 1 aromatic carbocycles. The molecule has 2 atom stereocenters. The summed E-state index contributed by atoms with van der Waals surface area (Å²) in [6.45, 7) is -0.144. The van der Waals surface area contributed by atoms with Crippen molar-refractivity contribution in [3.8, 4) is 0 Å². The predicted octanol–water partition coefficient (Wildman–Crippen LogP) is 0.625. The van der Waals surface area contributed by atoms with Crippen LogP contribution in [0.4, 0.5) is 8.78 Å². The molecule has 19 heavy (non-hydrogen) atoms. The quantitative estimate of drug-likeness (QED) is 0.826. The number of likely N-dealkylation sites (tertiary alicyclic amines) is 1. The molecule has 1 aliphatic rings. The third kappa shape index (κ3) is 2.55. The van der Waals surface area contributed by atoms with E-state index in [1.165, 1.54) is 0 Å². The number of aliphatic hydroxyl groups excluding tert-OH is 1. The maximum atomic E-state index is 13.0. The van der Waals surface area contributed by atoms with Crippen LogP contribution in [0.3, 0.4) is 0 Å². The molecule has 1 heterocycles. The van der Waals surface area contributed by atoms with Crippen molar-refractivity contribution < 1.29 is 28.6 Å². The number of carbonyl (C=O) groups excluding carboxylic acids is 1. The number of carboxylic acid groups (broad SMARTS) is 1. The molecule has 0 bridgehead atoms. The van der Waals surface area contributed by atoms with Crippen LogP contribution in [0.25, 0.3) is 0 Å². The van der Waals surface area contributed by atoms with E-state index in [0.717, 1.165) is 17.0 Å². The Morgan fingerprint density at radius 3 is 2.53 bits per heavy atom. The lowest BCUT2D eigenvalue weighted by Crippen LogP contribution is -2.40. The van der Waals surface area contributed by atoms with Crippen molar-refractivity contribution in [3.63, 3.8) is 0 Å². The maximum absolute atomic E-state index is 13.0. The van der Waals surface area contributed by atoms with Crippen molar-refractivity contribution in [1.29, 1.82) is 0 Å². The molecule has 1 amide bonds. The first-order valence-electron chi connectivity index (χ1n) is 5.57. The van der Waals surface area contributed by atoms with E-state index < -0.39 is 35.7 Å². The third-order valence-corrected chi connectivity index (χ3v) is 2.99. The summed E-state index contributed by atoms with van der Waals surface area (Å²) in [5.41, 5.74) is -0.153. The average molecular weight is 271 g/mol. The van der Waals surface area contributed by atoms with Crippen molar-refractivity contribution in [2.75, 3.05) is 6.54 Å². The SMILES string of the molecule is O=C(O)[C@@H]1CC(O)CN1C(=O)c1ccc(F)c(F)c1. The lowest BCUT2D eigenvalue weighted by molar-refractivity contribution is -0.141. The van der Waals surface area contributed by atoms with E-state index in [2.05, 4.69) is 0 Å². The second-order valence-corrected chi connectivity index (χ2v) is 4.33. The Balaban J connectivity index is 2.27. The van der Waals surface area contributed by atoms with Gasteiger partial charge in [0, 0.05) is 18.5 Å². The Morgan fingerprint density at radius 2 is 1.95 bits per heavy atom. The van der Waals surface area contributed by atoms with E-state index in [4.69, 9.17) is 5.11 Å². The number of nitrogens with zero attached hydrogens (tertiary/aromatic N) is 1. The molecule has 2 N–H and O–H groups in total. The second-order valence-electron chi connectivity index (χ2n) is 4.33. The molecule has 1 unspecified atom stereocenters. The first kappa shape index (κ1) is 13.4. The Kier molecular flexibility index (Phi) is 3.48. The third-order valence-electron chi connectivity index (χ3n) is 2.99. The standard InChI is InChI=1S/C12H11F2NO4/c13-8-2-1-6(3-9(8)14)11(17)15-5-7(16)4-10(15)12(18)19/h1-3,7,10,16H,4-5H2,(H,18,19)/t7?,10-/m0/s1. The van der Waals surface area contributed by atoms with Crippen LogP contribution >= 0.6 is 0 Å². The van der Waals surface area contributed by atoms with Crippen LogP contribution in [0, 0.1) is 11.6 Å². The molecule has 0 aliphatic carbocycles. The highest BCUT2D eigenvalue weighted by Gasteiger charge is 2.39. The van der Waals surface area contributed by atoms with Crippen molar-refractivity contribution in [2.24, 2.45) is 0 Å². The van der Waals surface area contributed by atoms with E-state index in [-0.39, 0.29) is 18.5 Å². The van der Waals surface area contributed by atoms with Crippen molar-refractivity contribution in [1.82, 2.24) is 4.90 Å². The zero-order valence-electron chi connectivity index (χ0n) is 9.72. The molecule has 1 fully saturated rings. The molecule has 102 valence electrons. The van der Waals surface area contributed by atoms with Gasteiger partial charge in [0.2, 0.25) is 0 Å². The highest BCUT2D eigenvalue weighted by molar-refractivity contribution is 5.97. The first-order chi connectivity index (χ1) is 8.90. The molecule has 0 aromatic heterocycles. The predicted molar refractivity (Wildman–Crippen MR) is 59.4 cm³/mol. The molecule has 1 aromatic rings. The number of carbonyl (C=O) groups is 2. The second kappa shape index (κ2) is 4.93. The first-order valence-corrected chi connectivity index (χ1v) is 5.57. The summed E-state index contributed by atoms with van der Waals surface area (Å²) in [6, 6.07) is 1.42. The minimum Gasteiger partial charge on any atom is -0.480 e. The molecule has 7 heteroatoms. The fraction of sp³-hybridized carbons (Fsp3) is 0.333. The fourth-order valence-electron chi connectivity index (χ4n) is 2.07. The van der Waals surface area contributed by atoms with Gasteiger partial charge in [-0.2, -0.15) is 0 Å². The van der Waals surface area contributed by atoms with Crippen LogP contribution in [-0.2, 0) is 4.79 Å². The smallest absolute Gasteiger partial charge is 0.326 e. The largest absolute Gasteiger partial charge is 0.480 e. The van der Waals surface area contributed by atoms with E-state index in [1.807, 2.05) is 0 Å². The lowest BCUT2D eigenvalue weighted by Gasteiger charge is -2.21. The summed E-state index contributed by atoms with van der Waals surface area (Å²) in [5, 5.41) is 18.4. The number of benzene rings is 1. The maximum Gasteiger partial charge on any atom is 0.326 e. The van der Waals surface area contributed by atoms with Gasteiger partial charge in [0.25, 0.3) is 5.91 Å². The van der Waals surface area contributed by atoms with Crippen LogP contribution in [0.15, 0.2) is 18.2 Å². The number of hydrogen-bond donors (Lipinski definition) is 2. The summed E-state index contributed by atoms with van der Waals surface area (Å²) in [5.74, 6) is -4.26. The van der Waals surface area contributed by atoms with Crippen LogP contribution in [0.5, 0.6) is 0 Å². The van der Waals surface area contributed by atoms with Gasteiger partial charge in [-0.1, -0.05) is 0 Å². The summed E-state index contributed by atoms with van der Waals surface area (Å²) in [7, 11) is 0. The highest BCUT2D eigenvalue weighted by atomic mass is 19.2. The monoisotopic (exact) mass is 271 g/mol. The topological polar surface area (TPSA) is 77.8 Å². The number of aliphatic carboxylic acids is 1. The number of halogens is 2. The Hall–Kier alpha value is -2.02. The number of hydrogen-bond acceptors (Lipinski definition) is 3. The van der Waals surface area contributed by atoms with E-state index in [0.29, 0.717) is 6.07 Å². The zero-order valence-corrected chi connectivity index (χ0v) is 9.72. The molecular formula is C12H11F2NO4. The minimum atomic E-state index is -1.24. The van der Waals surface area contributed by atoms with E-state index >= 15 is 0 Å². The van der Waals surface area contributed by atoms with Crippen molar-refractivity contribution in [3.05, 3.63) is 35.4 Å². The zero-order chi connectivity index (χ0) is 14.2. The Bertz CT molecular complexity index is 534. The van der Waals surface area contributed by atoms with Crippen LogP contribution in [0.1, 0.15) is 16.8 Å². The highest BCUT2D eigenvalue weighted by Crippen LogP contribution is 2.21. The summed E-state index contributed by atoms with van der Waals surface area (Å²) in [4.78, 5) is 24.0. The molecule has 1 saturated heterocycles. The molecule has 0 spiro atoms. The van der Waals surface area contributed by atoms with E-state index in [9.17, 15) is 23.5 Å². The van der Waals surface area contributed by atoms with Gasteiger partial charge in [0.1, 0.15) is 6.04 Å². The molecule has 2 rings (SSSR count). The van der Waals surface area contributed by atoms with Crippen LogP contribution in [-0.4, -0.2) is 45.7 Å². The van der Waals surface area contributed by atoms with Gasteiger partial charge in [-0.05, 0) is 18.2 Å². The normalized spacial score (nSPS) is 22.6. The van der Waals surface area contributed by atoms with Gasteiger partial charge in [-0.25, -0.2) is 13.6 Å². The minimum absolute atomic E-state index is 0.0786. The summed E-state index contributed by atoms with van der Waals surface area (Å²) in [6.07, 6.45) is -1.01. The number of aliphatic hydroxyl groups is 1. The summed E-state index contributed by atoms with van der Waals surface area (Å²) >= 11 is 0. The van der Waals surface area contributed by atoms with Crippen molar-refractivity contribution in [2.45, 2.75) is 18.6 Å². The van der Waals surface area contributed by atoms with Crippen molar-refractivity contribution >= 4 is 11.9 Å². The number of rotatable bonds is 2. The van der Waals surface area contributed by atoms with Gasteiger partial charge in [0.05, 0.1) is 6.10 Å². The van der Waals surface area contributed by atoms with Gasteiger partial charge < -0.3 is 15.1 Å². The summed E-state index contributed by atoms with van der Waals surface area (Å²) < 4.78 is 25.8. The van der Waals surface area contributed by atoms with Gasteiger partial charge in [0.15, 0.2) is 11.6 Å². The van der Waals surface area contributed by atoms with Crippen LogP contribution < -0.4 is 0 Å². The van der Waals surface area contributed by atoms with Gasteiger partial charge in [-0.15, -0.1) is 0 Å². The lowest BCUT2D eigenvalue weighted by atomic mass is 10.1. The number of β-amino-alcohol motifs (C(OH)–C–C–N with tert-alkyl or cyclic N) is 1. The number of carboxylic acids is 1. The molecule has 5 nitrogen and oxygen atoms in total.